The van der Waals surface area contributed by atoms with Gasteiger partial charge < -0.3 is 14.9 Å². The Morgan fingerprint density at radius 2 is 2.38 bits per heavy atom. The van der Waals surface area contributed by atoms with E-state index in [-0.39, 0.29) is 6.61 Å². The van der Waals surface area contributed by atoms with E-state index >= 15 is 0 Å². The molecule has 0 aliphatic carbocycles. The Morgan fingerprint density at radius 3 is 2.50 bits per heavy atom. The van der Waals surface area contributed by atoms with Crippen LogP contribution in [-0.2, 0) is 9.53 Å². The number of hydrogen-bond donors (Lipinski definition) is 2. The maximum atomic E-state index is 9.89. The van der Waals surface area contributed by atoms with Gasteiger partial charge in [0.25, 0.3) is 0 Å². The summed E-state index contributed by atoms with van der Waals surface area (Å²) in [6, 6.07) is 0. The lowest BCUT2D eigenvalue weighted by Gasteiger charge is -1.78. The van der Waals surface area contributed by atoms with Gasteiger partial charge in [-0.25, -0.2) is 4.79 Å². The molecule has 2 atom stereocenters. The van der Waals surface area contributed by atoms with Crippen LogP contribution in [0.1, 0.15) is 0 Å². The molecule has 1 fully saturated rings. The van der Waals surface area contributed by atoms with Gasteiger partial charge in [-0.1, -0.05) is 0 Å². The molecule has 1 saturated heterocycles. The number of rotatable bonds is 2. The summed E-state index contributed by atoms with van der Waals surface area (Å²) in [6.45, 7) is -0.197. The molecule has 0 aromatic rings. The van der Waals surface area contributed by atoms with Crippen molar-refractivity contribution in [1.82, 2.24) is 0 Å². The van der Waals surface area contributed by atoms with Crippen LogP contribution in [-0.4, -0.2) is 35.0 Å². The van der Waals surface area contributed by atoms with Crippen molar-refractivity contribution in [3.05, 3.63) is 0 Å². The highest BCUT2D eigenvalue weighted by Gasteiger charge is 2.44. The Morgan fingerprint density at radius 1 is 1.75 bits per heavy atom. The van der Waals surface area contributed by atoms with Crippen LogP contribution in [0.15, 0.2) is 0 Å². The zero-order valence-corrected chi connectivity index (χ0v) is 4.07. The summed E-state index contributed by atoms with van der Waals surface area (Å²) in [5, 5.41) is 16.4. The maximum absolute atomic E-state index is 9.89. The molecule has 0 unspecified atom stereocenters. The molecular formula is C4H6O4. The van der Waals surface area contributed by atoms with Crippen molar-refractivity contribution in [2.24, 2.45) is 0 Å². The van der Waals surface area contributed by atoms with Crippen LogP contribution in [0.25, 0.3) is 0 Å². The number of carbonyl (C=O) groups is 1. The van der Waals surface area contributed by atoms with Gasteiger partial charge in [0.2, 0.25) is 0 Å². The quantitative estimate of drug-likeness (QED) is 0.448. The van der Waals surface area contributed by atoms with Crippen LogP contribution < -0.4 is 0 Å². The number of aliphatic carboxylic acids is 1. The molecule has 1 aliphatic rings. The van der Waals surface area contributed by atoms with Crippen LogP contribution in [0.2, 0.25) is 0 Å². The Balaban J connectivity index is 2.26. The first-order valence-electron chi connectivity index (χ1n) is 2.25. The third-order valence-electron chi connectivity index (χ3n) is 1.01. The molecule has 46 valence electrons. The van der Waals surface area contributed by atoms with Crippen LogP contribution in [0.3, 0.4) is 0 Å². The summed E-state index contributed by atoms with van der Waals surface area (Å²) >= 11 is 0. The molecule has 8 heavy (non-hydrogen) atoms. The van der Waals surface area contributed by atoms with E-state index in [2.05, 4.69) is 4.74 Å². The third-order valence-corrected chi connectivity index (χ3v) is 1.01. The van der Waals surface area contributed by atoms with Gasteiger partial charge in [0, 0.05) is 0 Å². The minimum Gasteiger partial charge on any atom is -0.479 e. The first kappa shape index (κ1) is 5.53. The van der Waals surface area contributed by atoms with E-state index in [9.17, 15) is 4.79 Å². The number of ether oxygens (including phenoxy) is 1. The fraction of sp³-hybridized carbons (Fsp3) is 0.750. The molecule has 0 aromatic heterocycles. The maximum Gasteiger partial charge on any atom is 0.335 e. The number of carboxylic acids is 1. The average Bonchev–Trinajstić information content (AvgIpc) is 2.42. The smallest absolute Gasteiger partial charge is 0.335 e. The summed E-state index contributed by atoms with van der Waals surface area (Å²) in [6.07, 6.45) is -1.20. The van der Waals surface area contributed by atoms with Crippen molar-refractivity contribution in [1.29, 1.82) is 0 Å². The topological polar surface area (TPSA) is 70.1 Å². The Hall–Kier alpha value is -0.610. The van der Waals surface area contributed by atoms with Gasteiger partial charge in [0.05, 0.1) is 6.61 Å². The van der Waals surface area contributed by atoms with E-state index in [1.54, 1.807) is 0 Å². The number of aliphatic hydroxyl groups is 1. The number of aliphatic hydroxyl groups excluding tert-OH is 1. The lowest BCUT2D eigenvalue weighted by atomic mass is 10.3. The summed E-state index contributed by atoms with van der Waals surface area (Å²) in [4.78, 5) is 9.89. The highest BCUT2D eigenvalue weighted by molar-refractivity contribution is 5.75. The van der Waals surface area contributed by atoms with Crippen LogP contribution >= 0.6 is 0 Å². The van der Waals surface area contributed by atoms with Gasteiger partial charge in [-0.3, -0.25) is 0 Å². The minimum atomic E-state index is -0.996. The molecule has 4 nitrogen and oxygen atoms in total. The lowest BCUT2D eigenvalue weighted by Crippen LogP contribution is -2.09. The zero-order chi connectivity index (χ0) is 6.15. The monoisotopic (exact) mass is 118 g/mol. The summed E-state index contributed by atoms with van der Waals surface area (Å²) in [5.74, 6) is -0.996. The van der Waals surface area contributed by atoms with E-state index in [1.165, 1.54) is 0 Å². The van der Waals surface area contributed by atoms with E-state index in [0.717, 1.165) is 0 Å². The second-order valence-electron chi connectivity index (χ2n) is 1.62. The molecule has 2 N–H and O–H groups in total. The molecule has 1 rings (SSSR count). The second kappa shape index (κ2) is 1.72. The zero-order valence-electron chi connectivity index (χ0n) is 4.07. The summed E-state index contributed by atoms with van der Waals surface area (Å²) in [5.41, 5.74) is 0. The number of carboxylic acid groups (broad SMARTS) is 1. The van der Waals surface area contributed by atoms with Crippen molar-refractivity contribution in [2.75, 3.05) is 6.61 Å². The molecule has 0 amide bonds. The Labute approximate surface area is 45.7 Å². The molecule has 1 aliphatic heterocycles. The van der Waals surface area contributed by atoms with Gasteiger partial charge in [0.15, 0.2) is 6.10 Å². The van der Waals surface area contributed by atoms with Crippen LogP contribution in [0.5, 0.6) is 0 Å². The predicted molar refractivity (Wildman–Crippen MR) is 23.4 cm³/mol. The van der Waals surface area contributed by atoms with Gasteiger partial charge in [-0.2, -0.15) is 0 Å². The Bertz CT molecular complexity index is 111. The number of epoxide rings is 1. The van der Waals surface area contributed by atoms with Gasteiger partial charge >= 0.3 is 5.97 Å². The molecule has 0 radical (unpaired) electrons. The summed E-state index contributed by atoms with van der Waals surface area (Å²) < 4.78 is 4.48. The second-order valence-corrected chi connectivity index (χ2v) is 1.62. The van der Waals surface area contributed by atoms with E-state index in [4.69, 9.17) is 10.2 Å². The third kappa shape index (κ3) is 0.801. The average molecular weight is 118 g/mol. The molecule has 4 heteroatoms. The van der Waals surface area contributed by atoms with Crippen LogP contribution in [0, 0.1) is 0 Å². The molecule has 0 bridgehead atoms. The van der Waals surface area contributed by atoms with Gasteiger partial charge in [0.1, 0.15) is 6.10 Å². The molecule has 0 aromatic carbocycles. The molecule has 0 spiro atoms. The SMILES string of the molecule is O=C(O)[C@H]1O[C@@H]1CO. The van der Waals surface area contributed by atoms with E-state index in [1.807, 2.05) is 0 Å². The first-order valence-corrected chi connectivity index (χ1v) is 2.25. The number of hydrogen-bond acceptors (Lipinski definition) is 3. The fourth-order valence-electron chi connectivity index (χ4n) is 0.499. The molecule has 0 saturated carbocycles. The minimum absolute atomic E-state index is 0.197. The van der Waals surface area contributed by atoms with Gasteiger partial charge in [-0.15, -0.1) is 0 Å². The Kier molecular flexibility index (Phi) is 1.19. The van der Waals surface area contributed by atoms with Crippen molar-refractivity contribution in [3.63, 3.8) is 0 Å². The summed E-state index contributed by atoms with van der Waals surface area (Å²) in [7, 11) is 0. The molecular weight excluding hydrogens is 112 g/mol. The highest BCUT2D eigenvalue weighted by atomic mass is 16.6. The standard InChI is InChI=1S/C4H6O4/c5-1-2-3(8-2)4(6)7/h2-3,5H,1H2,(H,6,7)/t2-,3+/m1/s1. The first-order chi connectivity index (χ1) is 3.75. The van der Waals surface area contributed by atoms with Crippen LogP contribution in [0.4, 0.5) is 0 Å². The normalized spacial score (nSPS) is 34.6. The highest BCUT2D eigenvalue weighted by Crippen LogP contribution is 2.20. The molecule has 1 heterocycles. The van der Waals surface area contributed by atoms with Crippen molar-refractivity contribution in [2.45, 2.75) is 12.2 Å². The fourth-order valence-corrected chi connectivity index (χ4v) is 0.499. The van der Waals surface area contributed by atoms with Crippen molar-refractivity contribution >= 4 is 5.97 Å². The lowest BCUT2D eigenvalue weighted by molar-refractivity contribution is -0.138. The van der Waals surface area contributed by atoms with Gasteiger partial charge in [-0.05, 0) is 0 Å². The van der Waals surface area contributed by atoms with Crippen molar-refractivity contribution < 1.29 is 19.7 Å². The van der Waals surface area contributed by atoms with E-state index in [0.29, 0.717) is 0 Å². The van der Waals surface area contributed by atoms with E-state index < -0.39 is 18.2 Å². The van der Waals surface area contributed by atoms with Crippen molar-refractivity contribution in [3.8, 4) is 0 Å². The predicted octanol–water partition coefficient (Wildman–Crippen LogP) is -1.17. The largest absolute Gasteiger partial charge is 0.479 e.